The molecule has 118 valence electrons. The molecule has 3 atom stereocenters. The predicted molar refractivity (Wildman–Crippen MR) is 83.8 cm³/mol. The van der Waals surface area contributed by atoms with Crippen molar-refractivity contribution in [2.45, 2.75) is 31.9 Å². The Labute approximate surface area is 127 Å². The Morgan fingerprint density at radius 3 is 2.71 bits per heavy atom. The van der Waals surface area contributed by atoms with E-state index in [1.807, 2.05) is 19.2 Å². The molecule has 1 aliphatic heterocycles. The number of halogens is 1. The van der Waals surface area contributed by atoms with Crippen LogP contribution in [0.2, 0.25) is 0 Å². The molecular formula is C17H27FN2O. The molecule has 0 spiro atoms. The van der Waals surface area contributed by atoms with Crippen molar-refractivity contribution in [3.63, 3.8) is 0 Å². The number of rotatable bonds is 6. The van der Waals surface area contributed by atoms with E-state index in [4.69, 9.17) is 4.74 Å². The lowest BCUT2D eigenvalue weighted by Crippen LogP contribution is -2.44. The van der Waals surface area contributed by atoms with E-state index in [2.05, 4.69) is 17.1 Å². The second-order valence-corrected chi connectivity index (χ2v) is 6.02. The van der Waals surface area contributed by atoms with Crippen molar-refractivity contribution in [3.8, 4) is 0 Å². The third-order valence-electron chi connectivity index (χ3n) is 4.63. The van der Waals surface area contributed by atoms with Crippen molar-refractivity contribution in [2.24, 2.45) is 5.92 Å². The average molecular weight is 294 g/mol. The van der Waals surface area contributed by atoms with Gasteiger partial charge in [0, 0.05) is 26.2 Å². The Morgan fingerprint density at radius 1 is 1.38 bits per heavy atom. The van der Waals surface area contributed by atoms with Gasteiger partial charge in [0.1, 0.15) is 5.82 Å². The summed E-state index contributed by atoms with van der Waals surface area (Å²) < 4.78 is 18.6. The Hall–Kier alpha value is -0.970. The van der Waals surface area contributed by atoms with Crippen LogP contribution >= 0.6 is 0 Å². The molecule has 1 aromatic rings. The highest BCUT2D eigenvalue weighted by Gasteiger charge is 2.26. The normalized spacial score (nSPS) is 25.0. The van der Waals surface area contributed by atoms with Crippen molar-refractivity contribution >= 4 is 0 Å². The topological polar surface area (TPSA) is 24.5 Å². The van der Waals surface area contributed by atoms with Crippen molar-refractivity contribution in [1.29, 1.82) is 0 Å². The lowest BCUT2D eigenvalue weighted by Gasteiger charge is -2.36. The molecule has 1 aliphatic rings. The molecule has 4 heteroatoms. The minimum Gasteiger partial charge on any atom is -0.380 e. The molecule has 3 nitrogen and oxygen atoms in total. The van der Waals surface area contributed by atoms with Gasteiger partial charge in [0.05, 0.1) is 6.10 Å². The van der Waals surface area contributed by atoms with Crippen LogP contribution in [0.4, 0.5) is 4.39 Å². The average Bonchev–Trinajstić information content (AvgIpc) is 2.51. The van der Waals surface area contributed by atoms with Gasteiger partial charge in [-0.25, -0.2) is 4.39 Å². The first-order valence-electron chi connectivity index (χ1n) is 7.82. The third-order valence-corrected chi connectivity index (χ3v) is 4.63. The molecule has 2 rings (SSSR count). The highest BCUT2D eigenvalue weighted by molar-refractivity contribution is 5.19. The number of nitrogens with zero attached hydrogens (tertiary/aromatic N) is 1. The van der Waals surface area contributed by atoms with Crippen LogP contribution in [-0.4, -0.2) is 44.8 Å². The highest BCUT2D eigenvalue weighted by atomic mass is 19.1. The maximum atomic E-state index is 13.0. The summed E-state index contributed by atoms with van der Waals surface area (Å²) in [5, 5.41) is 3.33. The summed E-state index contributed by atoms with van der Waals surface area (Å²) in [5.41, 5.74) is 1.15. The number of hydrogen-bond donors (Lipinski definition) is 1. The van der Waals surface area contributed by atoms with Gasteiger partial charge in [-0.1, -0.05) is 19.1 Å². The largest absolute Gasteiger partial charge is 0.380 e. The lowest BCUT2D eigenvalue weighted by atomic mass is 9.95. The molecule has 1 fully saturated rings. The molecule has 1 saturated heterocycles. The second-order valence-electron chi connectivity index (χ2n) is 6.02. The summed E-state index contributed by atoms with van der Waals surface area (Å²) in [6.45, 7) is 5.45. The molecule has 0 saturated carbocycles. The van der Waals surface area contributed by atoms with E-state index in [9.17, 15) is 4.39 Å². The molecule has 21 heavy (non-hydrogen) atoms. The highest BCUT2D eigenvalue weighted by Crippen LogP contribution is 2.22. The van der Waals surface area contributed by atoms with Crippen LogP contribution in [0.1, 0.15) is 31.4 Å². The van der Waals surface area contributed by atoms with Crippen LogP contribution in [-0.2, 0) is 4.74 Å². The Balaban J connectivity index is 1.87. The Morgan fingerprint density at radius 2 is 2.10 bits per heavy atom. The van der Waals surface area contributed by atoms with Crippen molar-refractivity contribution in [2.75, 3.05) is 33.8 Å². The number of likely N-dealkylation sites (tertiary alicyclic amines) is 1. The zero-order valence-corrected chi connectivity index (χ0v) is 13.3. The van der Waals surface area contributed by atoms with Gasteiger partial charge in [-0.15, -0.1) is 0 Å². The molecule has 1 heterocycles. The molecule has 1 aromatic carbocycles. The maximum Gasteiger partial charge on any atom is 0.123 e. The number of ether oxygens (including phenoxy) is 1. The summed E-state index contributed by atoms with van der Waals surface area (Å²) in [6, 6.07) is 7.07. The summed E-state index contributed by atoms with van der Waals surface area (Å²) in [5.74, 6) is 0.463. The van der Waals surface area contributed by atoms with Gasteiger partial charge < -0.3 is 15.0 Å². The number of methoxy groups -OCH3 is 1. The molecule has 0 bridgehead atoms. The first-order chi connectivity index (χ1) is 10.1. The van der Waals surface area contributed by atoms with E-state index < -0.39 is 0 Å². The van der Waals surface area contributed by atoms with E-state index in [1.165, 1.54) is 18.6 Å². The van der Waals surface area contributed by atoms with Crippen LogP contribution in [0.25, 0.3) is 0 Å². The number of piperidine rings is 1. The fraction of sp³-hybridized carbons (Fsp3) is 0.647. The van der Waals surface area contributed by atoms with E-state index in [-0.39, 0.29) is 11.9 Å². The monoisotopic (exact) mass is 294 g/mol. The quantitative estimate of drug-likeness (QED) is 0.873. The SMILES string of the molecule is CNC(CCN1CCC(C)C(OC)C1)c1ccc(F)cc1. The second kappa shape index (κ2) is 7.87. The molecule has 0 aromatic heterocycles. The number of benzene rings is 1. The Bertz CT molecular complexity index is 423. The van der Waals surface area contributed by atoms with Gasteiger partial charge >= 0.3 is 0 Å². The first-order valence-corrected chi connectivity index (χ1v) is 7.82. The lowest BCUT2D eigenvalue weighted by molar-refractivity contribution is -0.00576. The summed E-state index contributed by atoms with van der Waals surface area (Å²) in [6.07, 6.45) is 2.56. The van der Waals surface area contributed by atoms with Gasteiger partial charge in [0.2, 0.25) is 0 Å². The minimum atomic E-state index is -0.179. The summed E-state index contributed by atoms with van der Waals surface area (Å²) >= 11 is 0. The standard InChI is InChI=1S/C17H27FN2O/c1-13-8-10-20(12-17(13)21-3)11-9-16(19-2)14-4-6-15(18)7-5-14/h4-7,13,16-17,19H,8-12H2,1-3H3. The van der Waals surface area contributed by atoms with Gasteiger partial charge in [0.25, 0.3) is 0 Å². The maximum absolute atomic E-state index is 13.0. The zero-order valence-electron chi connectivity index (χ0n) is 13.3. The minimum absolute atomic E-state index is 0.179. The van der Waals surface area contributed by atoms with Gasteiger partial charge in [-0.2, -0.15) is 0 Å². The molecule has 0 radical (unpaired) electrons. The molecule has 1 N–H and O–H groups in total. The fourth-order valence-corrected chi connectivity index (χ4v) is 3.09. The molecular weight excluding hydrogens is 267 g/mol. The van der Waals surface area contributed by atoms with Gasteiger partial charge in [-0.3, -0.25) is 0 Å². The summed E-state index contributed by atoms with van der Waals surface area (Å²) in [7, 11) is 3.77. The van der Waals surface area contributed by atoms with Crippen LogP contribution in [0, 0.1) is 11.7 Å². The van der Waals surface area contributed by atoms with E-state index in [0.717, 1.165) is 31.6 Å². The molecule has 0 amide bonds. The van der Waals surface area contributed by atoms with E-state index >= 15 is 0 Å². The first kappa shape index (κ1) is 16.4. The van der Waals surface area contributed by atoms with Crippen LogP contribution in [0.15, 0.2) is 24.3 Å². The van der Waals surface area contributed by atoms with Crippen molar-refractivity contribution in [3.05, 3.63) is 35.6 Å². The molecule has 0 aliphatic carbocycles. The Kier molecular flexibility index (Phi) is 6.15. The third kappa shape index (κ3) is 4.50. The van der Waals surface area contributed by atoms with Crippen LogP contribution < -0.4 is 5.32 Å². The van der Waals surface area contributed by atoms with Crippen molar-refractivity contribution in [1.82, 2.24) is 10.2 Å². The summed E-state index contributed by atoms with van der Waals surface area (Å²) in [4.78, 5) is 2.47. The predicted octanol–water partition coefficient (Wildman–Crippen LogP) is 2.83. The van der Waals surface area contributed by atoms with Crippen LogP contribution in [0.3, 0.4) is 0 Å². The zero-order chi connectivity index (χ0) is 15.2. The van der Waals surface area contributed by atoms with Gasteiger partial charge in [0.15, 0.2) is 0 Å². The smallest absolute Gasteiger partial charge is 0.123 e. The van der Waals surface area contributed by atoms with Crippen molar-refractivity contribution < 1.29 is 9.13 Å². The van der Waals surface area contributed by atoms with Gasteiger partial charge in [-0.05, 0) is 50.0 Å². The fourth-order valence-electron chi connectivity index (χ4n) is 3.09. The number of hydrogen-bond acceptors (Lipinski definition) is 3. The molecule has 3 unspecified atom stereocenters. The van der Waals surface area contributed by atoms with E-state index in [1.54, 1.807) is 7.11 Å². The number of nitrogens with one attached hydrogen (secondary N) is 1. The van der Waals surface area contributed by atoms with Crippen LogP contribution in [0.5, 0.6) is 0 Å². The van der Waals surface area contributed by atoms with E-state index in [0.29, 0.717) is 12.0 Å².